The summed E-state index contributed by atoms with van der Waals surface area (Å²) in [4.78, 5) is 11.2. The average molecular weight is 481 g/mol. The summed E-state index contributed by atoms with van der Waals surface area (Å²) >= 11 is 18.6. The second kappa shape index (κ2) is 10.6. The van der Waals surface area contributed by atoms with Gasteiger partial charge in [-0.1, -0.05) is 46.9 Å². The van der Waals surface area contributed by atoms with Crippen molar-refractivity contribution in [3.8, 4) is 11.5 Å². The van der Waals surface area contributed by atoms with Crippen LogP contribution in [0.5, 0.6) is 11.5 Å². The minimum Gasteiger partial charge on any atom is -0.490 e. The number of rotatable bonds is 9. The molecule has 2 N–H and O–H groups in total. The lowest BCUT2D eigenvalue weighted by Gasteiger charge is -2.16. The minimum atomic E-state index is -1.02. The number of anilines is 1. The van der Waals surface area contributed by atoms with Crippen LogP contribution in [0.15, 0.2) is 54.6 Å². The van der Waals surface area contributed by atoms with Gasteiger partial charge in [-0.05, 0) is 60.5 Å². The van der Waals surface area contributed by atoms with Gasteiger partial charge in [0.1, 0.15) is 6.61 Å². The molecule has 0 aliphatic carbocycles. The molecule has 0 saturated heterocycles. The van der Waals surface area contributed by atoms with Crippen molar-refractivity contribution in [2.75, 3.05) is 11.9 Å². The van der Waals surface area contributed by atoms with E-state index in [0.717, 1.165) is 11.1 Å². The molecular weight excluding hydrogens is 461 g/mol. The first-order valence-corrected chi connectivity index (χ1v) is 10.6. The van der Waals surface area contributed by atoms with Crippen molar-refractivity contribution in [3.05, 3.63) is 86.4 Å². The van der Waals surface area contributed by atoms with Crippen molar-refractivity contribution in [1.82, 2.24) is 0 Å². The van der Waals surface area contributed by atoms with E-state index in [1.165, 1.54) is 12.1 Å². The Bertz CT molecular complexity index is 1070. The zero-order valence-electron chi connectivity index (χ0n) is 16.6. The molecule has 3 aromatic rings. The maximum atomic E-state index is 11.2. The highest BCUT2D eigenvalue weighted by atomic mass is 35.5. The Morgan fingerprint density at radius 1 is 0.935 bits per heavy atom. The molecule has 3 rings (SSSR count). The number of carboxylic acids is 1. The molecule has 162 valence electrons. The van der Waals surface area contributed by atoms with Crippen molar-refractivity contribution < 1.29 is 19.4 Å². The summed E-state index contributed by atoms with van der Waals surface area (Å²) in [7, 11) is 0. The Hall–Kier alpha value is -2.60. The number of benzene rings is 3. The van der Waals surface area contributed by atoms with Crippen molar-refractivity contribution in [3.63, 3.8) is 0 Å². The molecule has 0 amide bonds. The number of nitrogens with one attached hydrogen (secondary N) is 1. The van der Waals surface area contributed by atoms with Crippen molar-refractivity contribution in [2.45, 2.75) is 20.1 Å². The topological polar surface area (TPSA) is 67.8 Å². The number of aromatic carboxylic acids is 1. The minimum absolute atomic E-state index is 0.144. The Labute approximate surface area is 195 Å². The Kier molecular flexibility index (Phi) is 7.91. The first-order valence-electron chi connectivity index (χ1n) is 9.46. The third-order valence-electron chi connectivity index (χ3n) is 4.36. The van der Waals surface area contributed by atoms with Crippen LogP contribution in [-0.4, -0.2) is 17.7 Å². The molecule has 0 heterocycles. The predicted molar refractivity (Wildman–Crippen MR) is 124 cm³/mol. The number of carbonyl (C=O) groups is 1. The van der Waals surface area contributed by atoms with E-state index in [1.54, 1.807) is 24.3 Å². The number of hydrogen-bond acceptors (Lipinski definition) is 4. The average Bonchev–Trinajstić information content (AvgIpc) is 2.74. The summed E-state index contributed by atoms with van der Waals surface area (Å²) in [6.07, 6.45) is 0. The van der Waals surface area contributed by atoms with Gasteiger partial charge in [0.2, 0.25) is 0 Å². The van der Waals surface area contributed by atoms with Crippen LogP contribution in [0.1, 0.15) is 28.4 Å². The molecule has 3 aromatic carbocycles. The normalized spacial score (nSPS) is 10.6. The third-order valence-corrected chi connectivity index (χ3v) is 5.22. The fraction of sp³-hybridized carbons (Fsp3) is 0.174. The lowest BCUT2D eigenvalue weighted by Crippen LogP contribution is -2.05. The molecule has 0 aliphatic heterocycles. The van der Waals surface area contributed by atoms with Gasteiger partial charge < -0.3 is 19.9 Å². The van der Waals surface area contributed by atoms with Crippen molar-refractivity contribution in [1.29, 1.82) is 0 Å². The molecular formula is C23H20Cl3NO4. The number of halogens is 3. The number of hydrogen-bond donors (Lipinski definition) is 2. The Morgan fingerprint density at radius 3 is 2.35 bits per heavy atom. The van der Waals surface area contributed by atoms with Crippen LogP contribution in [0.25, 0.3) is 0 Å². The summed E-state index contributed by atoms with van der Waals surface area (Å²) in [6, 6.07) is 15.4. The molecule has 0 saturated carbocycles. The second-order valence-electron chi connectivity index (χ2n) is 6.61. The van der Waals surface area contributed by atoms with E-state index in [9.17, 15) is 4.79 Å². The smallest absolute Gasteiger partial charge is 0.335 e. The van der Waals surface area contributed by atoms with Crippen LogP contribution < -0.4 is 14.8 Å². The van der Waals surface area contributed by atoms with E-state index >= 15 is 0 Å². The van der Waals surface area contributed by atoms with Gasteiger partial charge in [0.25, 0.3) is 0 Å². The first kappa shape index (κ1) is 23.1. The van der Waals surface area contributed by atoms with Gasteiger partial charge >= 0.3 is 5.97 Å². The van der Waals surface area contributed by atoms with E-state index in [-0.39, 0.29) is 5.56 Å². The maximum absolute atomic E-state index is 11.2. The van der Waals surface area contributed by atoms with E-state index in [0.29, 0.717) is 52.0 Å². The zero-order chi connectivity index (χ0) is 22.4. The van der Waals surface area contributed by atoms with Gasteiger partial charge in [-0.25, -0.2) is 4.79 Å². The standard InChI is InChI=1S/C23H20Cl3NO4/c1-2-30-21-10-15(12-27-20-11-16(23(28)29)5-8-18(20)25)9-19(26)22(21)31-13-14-3-6-17(24)7-4-14/h3-11,27H,2,12-13H2,1H3,(H,28,29). The first-order chi connectivity index (χ1) is 14.9. The van der Waals surface area contributed by atoms with Crippen LogP contribution in [0.3, 0.4) is 0 Å². The van der Waals surface area contributed by atoms with E-state index in [1.807, 2.05) is 25.1 Å². The second-order valence-corrected chi connectivity index (χ2v) is 7.86. The van der Waals surface area contributed by atoms with E-state index in [2.05, 4.69) is 5.32 Å². The highest BCUT2D eigenvalue weighted by molar-refractivity contribution is 6.33. The molecule has 0 fully saturated rings. The highest BCUT2D eigenvalue weighted by Gasteiger charge is 2.14. The van der Waals surface area contributed by atoms with Crippen LogP contribution in [-0.2, 0) is 13.2 Å². The summed E-state index contributed by atoms with van der Waals surface area (Å²) in [5.41, 5.74) is 2.43. The zero-order valence-corrected chi connectivity index (χ0v) is 18.9. The van der Waals surface area contributed by atoms with Crippen LogP contribution in [0.2, 0.25) is 15.1 Å². The molecule has 0 aliphatic rings. The Morgan fingerprint density at radius 2 is 1.68 bits per heavy atom. The summed E-state index contributed by atoms with van der Waals surface area (Å²) in [5.74, 6) is -0.0529. The summed E-state index contributed by atoms with van der Waals surface area (Å²) < 4.78 is 11.6. The molecule has 8 heteroatoms. The molecule has 5 nitrogen and oxygen atoms in total. The van der Waals surface area contributed by atoms with Gasteiger partial charge in [0.05, 0.1) is 27.9 Å². The van der Waals surface area contributed by atoms with Gasteiger partial charge in [-0.3, -0.25) is 0 Å². The highest BCUT2D eigenvalue weighted by Crippen LogP contribution is 2.37. The molecule has 0 atom stereocenters. The molecule has 0 radical (unpaired) electrons. The SMILES string of the molecule is CCOc1cc(CNc2cc(C(=O)O)ccc2Cl)cc(Cl)c1OCc1ccc(Cl)cc1. The Balaban J connectivity index is 1.77. The van der Waals surface area contributed by atoms with E-state index < -0.39 is 5.97 Å². The van der Waals surface area contributed by atoms with E-state index in [4.69, 9.17) is 49.4 Å². The van der Waals surface area contributed by atoms with Gasteiger partial charge in [-0.15, -0.1) is 0 Å². The third kappa shape index (κ3) is 6.20. The fourth-order valence-corrected chi connectivity index (χ4v) is 3.45. The van der Waals surface area contributed by atoms with Gasteiger partial charge in [0, 0.05) is 11.6 Å². The van der Waals surface area contributed by atoms with Crippen LogP contribution in [0.4, 0.5) is 5.69 Å². The largest absolute Gasteiger partial charge is 0.490 e. The lowest BCUT2D eigenvalue weighted by molar-refractivity contribution is 0.0697. The van der Waals surface area contributed by atoms with Crippen LogP contribution >= 0.6 is 34.8 Å². The summed E-state index contributed by atoms with van der Waals surface area (Å²) in [6.45, 7) is 2.99. The fourth-order valence-electron chi connectivity index (χ4n) is 2.85. The maximum Gasteiger partial charge on any atom is 0.335 e. The van der Waals surface area contributed by atoms with Gasteiger partial charge in [0.15, 0.2) is 11.5 Å². The number of carboxylic acid groups (broad SMARTS) is 1. The van der Waals surface area contributed by atoms with Gasteiger partial charge in [-0.2, -0.15) is 0 Å². The quantitative estimate of drug-likeness (QED) is 0.347. The van der Waals surface area contributed by atoms with Crippen molar-refractivity contribution in [2.24, 2.45) is 0 Å². The van der Waals surface area contributed by atoms with Crippen molar-refractivity contribution >= 4 is 46.5 Å². The van der Waals surface area contributed by atoms with Crippen LogP contribution in [0, 0.1) is 0 Å². The molecule has 0 bridgehead atoms. The monoisotopic (exact) mass is 479 g/mol. The molecule has 0 spiro atoms. The molecule has 31 heavy (non-hydrogen) atoms. The lowest BCUT2D eigenvalue weighted by atomic mass is 10.1. The predicted octanol–water partition coefficient (Wildman–Crippen LogP) is 6.93. The summed E-state index contributed by atoms with van der Waals surface area (Å²) in [5, 5.41) is 13.8. The number of ether oxygens (including phenoxy) is 2. The molecule has 0 aromatic heterocycles. The molecule has 0 unspecified atom stereocenters.